The minimum atomic E-state index is 0.329. The molecule has 2 atom stereocenters. The summed E-state index contributed by atoms with van der Waals surface area (Å²) in [6, 6.07) is 0. The first-order valence-electron chi connectivity index (χ1n) is 37.1. The lowest BCUT2D eigenvalue weighted by Gasteiger charge is -2.59. The number of likely N-dealkylation sites (tertiary alicyclic amines) is 6. The molecule has 12 heterocycles. The maximum Gasteiger partial charge on any atom is 0.0569 e. The Balaban J connectivity index is 0.000000147. The molecule has 12 heteroatoms. The van der Waals surface area contributed by atoms with Crippen molar-refractivity contribution >= 4 is 11.8 Å². The molecule has 7 spiro atoms. The van der Waals surface area contributed by atoms with E-state index in [1.165, 1.54) is 212 Å². The van der Waals surface area contributed by atoms with Crippen molar-refractivity contribution in [2.24, 2.45) is 43.3 Å². The highest BCUT2D eigenvalue weighted by molar-refractivity contribution is 7.99. The molecule has 12 saturated heterocycles. The topological polar surface area (TPSA) is 68.4 Å². The zero-order valence-corrected chi connectivity index (χ0v) is 64.0. The third-order valence-electron chi connectivity index (χ3n) is 23.6. The quantitative estimate of drug-likeness (QED) is 0.251. The van der Waals surface area contributed by atoms with Crippen molar-refractivity contribution in [1.29, 1.82) is 0 Å². The van der Waals surface area contributed by atoms with E-state index < -0.39 is 0 Å². The van der Waals surface area contributed by atoms with E-state index in [4.69, 9.17) is 18.9 Å². The molecule has 14 rings (SSSR count). The predicted octanol–water partition coefficient (Wildman–Crippen LogP) is 15.7. The van der Waals surface area contributed by atoms with Gasteiger partial charge in [-0.25, -0.2) is 0 Å². The number of thioether (sulfide) groups is 1. The normalized spacial score (nSPS) is 30.5. The Labute approximate surface area is 556 Å². The number of rotatable bonds is 0. The molecule has 0 bridgehead atoms. The first kappa shape index (κ1) is 76.3. The summed E-state index contributed by atoms with van der Waals surface area (Å²) in [5, 5.41) is 3.38. The van der Waals surface area contributed by atoms with E-state index in [0.717, 1.165) is 63.7 Å². The zero-order chi connectivity index (χ0) is 65.7. The summed E-state index contributed by atoms with van der Waals surface area (Å²) in [5.74, 6) is 2.82. The molecular weight excluding hydrogens is 1120 g/mol. The molecule has 0 aromatic rings. The van der Waals surface area contributed by atoms with Crippen molar-refractivity contribution in [3.8, 4) is 0 Å². The summed E-state index contributed by atoms with van der Waals surface area (Å²) in [4.78, 5) is 15.7. The van der Waals surface area contributed by atoms with Gasteiger partial charge in [0.2, 0.25) is 0 Å². The lowest BCUT2D eigenvalue weighted by Crippen LogP contribution is -2.69. The second kappa shape index (κ2) is 29.9. The Bertz CT molecular complexity index is 2060. The second-order valence-electron chi connectivity index (χ2n) is 39.9. The maximum atomic E-state index is 5.57. The molecule has 12 aliphatic heterocycles. The number of nitrogens with zero attached hydrogens (tertiary/aromatic N) is 6. The van der Waals surface area contributed by atoms with Crippen molar-refractivity contribution < 1.29 is 18.9 Å². The Morgan fingerprint density at radius 3 is 0.966 bits per heavy atom. The average Bonchev–Trinajstić information content (AvgIpc) is 1.83. The number of piperidine rings is 4. The fourth-order valence-electron chi connectivity index (χ4n) is 15.8. The van der Waals surface area contributed by atoms with E-state index in [1.807, 2.05) is 0 Å². The van der Waals surface area contributed by atoms with Crippen LogP contribution in [-0.4, -0.2) is 219 Å². The Morgan fingerprint density at radius 1 is 0.292 bits per heavy atom. The van der Waals surface area contributed by atoms with Gasteiger partial charge in [0.15, 0.2) is 0 Å². The van der Waals surface area contributed by atoms with Crippen LogP contribution in [0.15, 0.2) is 0 Å². The van der Waals surface area contributed by atoms with Gasteiger partial charge >= 0.3 is 0 Å². The number of nitrogens with one attached hydrogen (secondary N) is 1. The van der Waals surface area contributed by atoms with Crippen LogP contribution in [0.5, 0.6) is 0 Å². The van der Waals surface area contributed by atoms with E-state index in [9.17, 15) is 0 Å². The molecule has 522 valence electrons. The van der Waals surface area contributed by atoms with Crippen LogP contribution in [0.4, 0.5) is 0 Å². The van der Waals surface area contributed by atoms with Crippen molar-refractivity contribution in [2.75, 3.05) is 156 Å². The molecule has 14 aliphatic rings. The second-order valence-corrected chi connectivity index (χ2v) is 41.0. The SMILES string of the molecule is C1CC2(CC2)CN1.CC(C)(C)C.CC(C)(C)N1CC2(COC2)C1.CC(C)(C)N1CCC2(CC1)COC2.CC(C)(C)N1CCC2(CCOC2)CC1.CC(C)(C)N1CCC2(CCSC2)C1.CC(C)(C)N1CCCC2(CC2)C1.CC(C)(C)N1CCCC2(CCOC2)C1. The van der Waals surface area contributed by atoms with E-state index in [2.05, 4.69) is 199 Å². The molecule has 2 saturated carbocycles. The van der Waals surface area contributed by atoms with Gasteiger partial charge in [-0.1, -0.05) is 27.7 Å². The fraction of sp³-hybridized carbons (Fsp3) is 1.00. The van der Waals surface area contributed by atoms with Gasteiger partial charge < -0.3 is 24.3 Å². The molecule has 11 nitrogen and oxygen atoms in total. The molecule has 14 fully saturated rings. The van der Waals surface area contributed by atoms with Gasteiger partial charge in [-0.05, 0) is 319 Å². The van der Waals surface area contributed by atoms with Crippen LogP contribution in [-0.2, 0) is 18.9 Å². The van der Waals surface area contributed by atoms with Crippen LogP contribution in [0.3, 0.4) is 0 Å². The van der Waals surface area contributed by atoms with Gasteiger partial charge in [-0.15, -0.1) is 0 Å². The van der Waals surface area contributed by atoms with Gasteiger partial charge in [-0.3, -0.25) is 29.4 Å². The number of hydrogen-bond donors (Lipinski definition) is 1. The third kappa shape index (κ3) is 23.3. The summed E-state index contributed by atoms with van der Waals surface area (Å²) in [7, 11) is 0. The summed E-state index contributed by atoms with van der Waals surface area (Å²) < 4.78 is 21.6. The first-order valence-corrected chi connectivity index (χ1v) is 38.3. The number of ether oxygens (including phenoxy) is 4. The molecule has 0 amide bonds. The van der Waals surface area contributed by atoms with Gasteiger partial charge in [0.25, 0.3) is 0 Å². The minimum Gasteiger partial charge on any atom is -0.381 e. The molecular formula is C77H149N7O4S. The van der Waals surface area contributed by atoms with Gasteiger partial charge in [0.05, 0.1) is 39.6 Å². The van der Waals surface area contributed by atoms with Crippen LogP contribution < -0.4 is 5.32 Å². The molecule has 2 unspecified atom stereocenters. The van der Waals surface area contributed by atoms with Crippen molar-refractivity contribution in [2.45, 2.75) is 295 Å². The first-order chi connectivity index (χ1) is 41.0. The largest absolute Gasteiger partial charge is 0.381 e. The minimum absolute atomic E-state index is 0.329. The average molecular weight is 1270 g/mol. The molecule has 1 N–H and O–H groups in total. The molecule has 0 aromatic carbocycles. The smallest absolute Gasteiger partial charge is 0.0569 e. The van der Waals surface area contributed by atoms with Crippen LogP contribution in [0.2, 0.25) is 0 Å². The lowest BCUT2D eigenvalue weighted by molar-refractivity contribution is -0.207. The lowest BCUT2D eigenvalue weighted by atomic mass is 9.75. The Hall–Kier alpha value is -0.0900. The molecule has 0 aromatic heterocycles. The maximum absolute atomic E-state index is 5.57. The van der Waals surface area contributed by atoms with Gasteiger partial charge in [0.1, 0.15) is 0 Å². The fourth-order valence-corrected chi connectivity index (χ4v) is 17.4. The van der Waals surface area contributed by atoms with E-state index in [-0.39, 0.29) is 0 Å². The zero-order valence-electron chi connectivity index (χ0n) is 63.2. The van der Waals surface area contributed by atoms with Crippen molar-refractivity contribution in [3.63, 3.8) is 0 Å². The van der Waals surface area contributed by atoms with E-state index >= 15 is 0 Å². The van der Waals surface area contributed by atoms with Gasteiger partial charge in [-0.2, -0.15) is 11.8 Å². The molecule has 0 radical (unpaired) electrons. The van der Waals surface area contributed by atoms with Crippen LogP contribution in [0.25, 0.3) is 0 Å². The standard InChI is InChI=1S/2C12H23NO.C11H21NO.C11H21NS.C11H21N.C9H17NO.C6H11N.C5H12/c1-11(2,3)13-7-4-12(5-8-13)6-9-14-10-12;1-11(2,3)13-7-4-5-12(9-13)6-8-14-10-12;1-10(2,3)12-6-4-11(5-7-12)8-13-9-11;1-10(2,3)12-6-4-11(8-12)5-7-13-9-11;1-10(2,3)12-8-4-5-11(9-12)6-7-11;1-8(2,3)10-4-9(5-10)6-11-7-9;1-2-6(1)3-4-7-5-6;1-5(2,3)4/h2*4-10H2,1-3H3;2*4-9H2,1-3H3;4-9H2,1-3H3;4-7H2,1-3H3;7H,1-5H2;1-4H3. The highest BCUT2D eigenvalue weighted by atomic mass is 32.2. The Kier molecular flexibility index (Phi) is 25.7. The van der Waals surface area contributed by atoms with Crippen LogP contribution in [0, 0.1) is 43.3 Å². The predicted molar refractivity (Wildman–Crippen MR) is 382 cm³/mol. The monoisotopic (exact) mass is 1270 g/mol. The summed E-state index contributed by atoms with van der Waals surface area (Å²) in [6.45, 7) is 76.5. The third-order valence-corrected chi connectivity index (χ3v) is 24.9. The molecule has 89 heavy (non-hydrogen) atoms. The highest BCUT2D eigenvalue weighted by Crippen LogP contribution is 2.53. The number of hydrogen-bond acceptors (Lipinski definition) is 12. The van der Waals surface area contributed by atoms with Crippen LogP contribution in [0.1, 0.15) is 261 Å². The highest BCUT2D eigenvalue weighted by Gasteiger charge is 2.52. The van der Waals surface area contributed by atoms with E-state index in [1.54, 1.807) is 0 Å². The summed E-state index contributed by atoms with van der Waals surface area (Å²) in [5.41, 5.74) is 7.22. The van der Waals surface area contributed by atoms with Crippen molar-refractivity contribution in [1.82, 2.24) is 34.7 Å². The van der Waals surface area contributed by atoms with Crippen LogP contribution >= 0.6 is 11.8 Å². The Morgan fingerprint density at radius 2 is 0.640 bits per heavy atom. The molecule has 2 aliphatic carbocycles. The van der Waals surface area contributed by atoms with Gasteiger partial charge in [0, 0.05) is 108 Å². The van der Waals surface area contributed by atoms with Crippen molar-refractivity contribution in [3.05, 3.63) is 0 Å². The summed E-state index contributed by atoms with van der Waals surface area (Å²) >= 11 is 2.16. The summed E-state index contributed by atoms with van der Waals surface area (Å²) in [6.07, 6.45) is 23.9. The van der Waals surface area contributed by atoms with E-state index in [0.29, 0.717) is 65.7 Å².